The van der Waals surface area contributed by atoms with Gasteiger partial charge in [0.15, 0.2) is 11.1 Å². The Morgan fingerprint density at radius 2 is 1.87 bits per heavy atom. The average Bonchev–Trinajstić information content (AvgIpc) is 3.67. The molecular weight excluding hydrogens is 496 g/mol. The first-order chi connectivity index (χ1) is 18.7. The maximum Gasteiger partial charge on any atom is 0.266 e. The summed E-state index contributed by atoms with van der Waals surface area (Å²) < 4.78 is 11.4. The van der Waals surface area contributed by atoms with E-state index in [1.807, 2.05) is 60.8 Å². The summed E-state index contributed by atoms with van der Waals surface area (Å²) in [6.45, 7) is 2.55. The van der Waals surface area contributed by atoms with Crippen LogP contribution in [0.5, 0.6) is 5.75 Å². The topological polar surface area (TPSA) is 74.1 Å². The summed E-state index contributed by atoms with van der Waals surface area (Å²) in [4.78, 5) is 26.4. The number of carbonyl (C=O) groups is 1. The summed E-state index contributed by atoms with van der Waals surface area (Å²) >= 11 is 1.39. The van der Waals surface area contributed by atoms with Crippen LogP contribution in [0, 0.1) is 0 Å². The molecule has 1 amide bonds. The van der Waals surface area contributed by atoms with Crippen LogP contribution in [0.2, 0.25) is 0 Å². The molecule has 0 atom stereocenters. The Morgan fingerprint density at radius 1 is 1.05 bits per heavy atom. The second-order valence-corrected chi connectivity index (χ2v) is 10.5. The minimum atomic E-state index is -0.0574. The largest absolute Gasteiger partial charge is 0.497 e. The standard InChI is InChI=1S/C30H30N4O3S/c1-36-23-11-9-22(10-12-23)32-30-34(18-15-21-20-31-26-8-4-3-7-25(21)26)29(35)27(38-30)19-24-13-14-28(37-24)33-16-5-2-6-17-33/h3-4,7-14,19-20,31H,2,5-6,15-18H2,1H3/b27-19+,32-30?. The Balaban J connectivity index is 1.27. The minimum Gasteiger partial charge on any atom is -0.497 e. The number of amidine groups is 1. The van der Waals surface area contributed by atoms with Gasteiger partial charge in [0.1, 0.15) is 11.5 Å². The second kappa shape index (κ2) is 10.8. The van der Waals surface area contributed by atoms with Crippen molar-refractivity contribution in [1.29, 1.82) is 0 Å². The number of H-pyrrole nitrogens is 1. The predicted octanol–water partition coefficient (Wildman–Crippen LogP) is 6.61. The van der Waals surface area contributed by atoms with Crippen LogP contribution in [-0.4, -0.2) is 47.7 Å². The number of nitrogens with zero attached hydrogens (tertiary/aromatic N) is 3. The molecule has 2 fully saturated rings. The third-order valence-corrected chi connectivity index (χ3v) is 8.03. The molecule has 8 heteroatoms. The van der Waals surface area contributed by atoms with Gasteiger partial charge in [-0.2, -0.15) is 0 Å². The number of hydrogen-bond donors (Lipinski definition) is 1. The lowest BCUT2D eigenvalue weighted by Crippen LogP contribution is -2.31. The summed E-state index contributed by atoms with van der Waals surface area (Å²) in [5, 5.41) is 1.84. The number of aliphatic imine (C=N–C) groups is 1. The molecule has 0 saturated carbocycles. The van der Waals surface area contributed by atoms with Gasteiger partial charge in [0, 0.05) is 48.9 Å². The van der Waals surface area contributed by atoms with Gasteiger partial charge in [-0.25, -0.2) is 4.99 Å². The number of nitrogens with one attached hydrogen (secondary N) is 1. The molecule has 6 rings (SSSR count). The first-order valence-electron chi connectivity index (χ1n) is 13.0. The zero-order valence-electron chi connectivity index (χ0n) is 21.4. The van der Waals surface area contributed by atoms with Gasteiger partial charge in [-0.15, -0.1) is 0 Å². The van der Waals surface area contributed by atoms with E-state index in [2.05, 4.69) is 22.0 Å². The molecule has 4 aromatic rings. The smallest absolute Gasteiger partial charge is 0.266 e. The number of rotatable bonds is 7. The molecule has 2 aromatic carbocycles. The van der Waals surface area contributed by atoms with Gasteiger partial charge < -0.3 is 19.0 Å². The van der Waals surface area contributed by atoms with Gasteiger partial charge in [-0.1, -0.05) is 18.2 Å². The van der Waals surface area contributed by atoms with Crippen molar-refractivity contribution in [3.05, 3.63) is 83.1 Å². The molecule has 194 valence electrons. The zero-order valence-corrected chi connectivity index (χ0v) is 22.2. The highest BCUT2D eigenvalue weighted by atomic mass is 32.2. The molecule has 0 radical (unpaired) electrons. The number of aromatic amines is 1. The fourth-order valence-corrected chi connectivity index (χ4v) is 5.96. The first-order valence-corrected chi connectivity index (χ1v) is 13.8. The summed E-state index contributed by atoms with van der Waals surface area (Å²) in [7, 11) is 1.64. The highest BCUT2D eigenvalue weighted by Crippen LogP contribution is 2.36. The Kier molecular flexibility index (Phi) is 6.96. The molecule has 0 aliphatic carbocycles. The molecule has 2 aliphatic heterocycles. The van der Waals surface area contributed by atoms with Gasteiger partial charge in [0.25, 0.3) is 5.91 Å². The molecule has 2 aliphatic rings. The van der Waals surface area contributed by atoms with Gasteiger partial charge in [0.05, 0.1) is 17.7 Å². The number of piperidine rings is 1. The van der Waals surface area contributed by atoms with Crippen LogP contribution in [0.4, 0.5) is 11.6 Å². The van der Waals surface area contributed by atoms with Crippen molar-refractivity contribution >= 4 is 51.4 Å². The van der Waals surface area contributed by atoms with E-state index in [0.717, 1.165) is 35.9 Å². The highest BCUT2D eigenvalue weighted by molar-refractivity contribution is 8.18. The summed E-state index contributed by atoms with van der Waals surface area (Å²) in [6.07, 6.45) is 8.22. The van der Waals surface area contributed by atoms with Crippen LogP contribution in [0.15, 0.2) is 81.2 Å². The molecule has 2 aromatic heterocycles. The van der Waals surface area contributed by atoms with Crippen molar-refractivity contribution in [3.63, 3.8) is 0 Å². The van der Waals surface area contributed by atoms with Gasteiger partial charge in [0.2, 0.25) is 0 Å². The van der Waals surface area contributed by atoms with Crippen LogP contribution in [-0.2, 0) is 11.2 Å². The molecule has 0 unspecified atom stereocenters. The van der Waals surface area contributed by atoms with Crippen LogP contribution >= 0.6 is 11.8 Å². The maximum atomic E-state index is 13.6. The summed E-state index contributed by atoms with van der Waals surface area (Å²) in [5.74, 6) is 2.26. The van der Waals surface area contributed by atoms with Crippen LogP contribution in [0.25, 0.3) is 17.0 Å². The van der Waals surface area contributed by atoms with Crippen molar-refractivity contribution in [2.24, 2.45) is 4.99 Å². The van der Waals surface area contributed by atoms with Gasteiger partial charge in [-0.3, -0.25) is 9.69 Å². The van der Waals surface area contributed by atoms with E-state index in [0.29, 0.717) is 28.8 Å². The predicted molar refractivity (Wildman–Crippen MR) is 154 cm³/mol. The Hall–Kier alpha value is -3.91. The molecule has 4 heterocycles. The number of thioether (sulfide) groups is 1. The molecule has 7 nitrogen and oxygen atoms in total. The molecule has 0 spiro atoms. The molecule has 38 heavy (non-hydrogen) atoms. The number of aromatic nitrogens is 1. The number of anilines is 1. The van der Waals surface area contributed by atoms with Crippen molar-refractivity contribution in [3.8, 4) is 5.75 Å². The molecule has 1 N–H and O–H groups in total. The van der Waals surface area contributed by atoms with E-state index < -0.39 is 0 Å². The first kappa shape index (κ1) is 24.4. The number of fused-ring (bicyclic) bond motifs is 1. The van der Waals surface area contributed by atoms with Crippen LogP contribution < -0.4 is 9.64 Å². The number of amides is 1. The van der Waals surface area contributed by atoms with E-state index in [-0.39, 0.29) is 5.91 Å². The lowest BCUT2D eigenvalue weighted by atomic mass is 10.1. The zero-order chi connectivity index (χ0) is 25.9. The number of benzene rings is 2. The fourth-order valence-electron chi connectivity index (χ4n) is 4.96. The minimum absolute atomic E-state index is 0.0574. The third kappa shape index (κ3) is 5.09. The fraction of sp³-hybridized carbons (Fsp3) is 0.267. The number of hydrogen-bond acceptors (Lipinski definition) is 6. The number of para-hydroxylation sites is 1. The van der Waals surface area contributed by atoms with E-state index in [1.54, 1.807) is 12.0 Å². The second-order valence-electron chi connectivity index (χ2n) is 9.49. The quantitative estimate of drug-likeness (QED) is 0.275. The summed E-state index contributed by atoms with van der Waals surface area (Å²) in [6, 6.07) is 19.7. The monoisotopic (exact) mass is 526 g/mol. The Morgan fingerprint density at radius 3 is 2.68 bits per heavy atom. The third-order valence-electron chi connectivity index (χ3n) is 7.02. The molecule has 0 bridgehead atoms. The number of furan rings is 1. The summed E-state index contributed by atoms with van der Waals surface area (Å²) in [5.41, 5.74) is 3.04. The maximum absolute atomic E-state index is 13.6. The highest BCUT2D eigenvalue weighted by Gasteiger charge is 2.33. The van der Waals surface area contributed by atoms with Crippen molar-refractivity contribution in [2.45, 2.75) is 25.7 Å². The SMILES string of the molecule is COc1ccc(N=C2S/C(=C/c3ccc(N4CCCCC4)o3)C(=O)N2CCc2c[nH]c3ccccc23)cc1. The van der Waals surface area contributed by atoms with E-state index in [9.17, 15) is 4.79 Å². The van der Waals surface area contributed by atoms with Gasteiger partial charge in [-0.05, 0) is 79.4 Å². The molecular formula is C30H30N4O3S. The number of methoxy groups -OCH3 is 1. The van der Waals surface area contributed by atoms with Crippen molar-refractivity contribution in [1.82, 2.24) is 9.88 Å². The Bertz CT molecular complexity index is 1500. The number of ether oxygens (including phenoxy) is 1. The van der Waals surface area contributed by atoms with Gasteiger partial charge >= 0.3 is 0 Å². The van der Waals surface area contributed by atoms with E-state index in [4.69, 9.17) is 14.1 Å². The van der Waals surface area contributed by atoms with E-state index >= 15 is 0 Å². The van der Waals surface area contributed by atoms with Crippen LogP contribution in [0.1, 0.15) is 30.6 Å². The number of carbonyl (C=O) groups excluding carboxylic acids is 1. The van der Waals surface area contributed by atoms with Crippen molar-refractivity contribution in [2.75, 3.05) is 31.6 Å². The lowest BCUT2D eigenvalue weighted by molar-refractivity contribution is -0.122. The molecule has 2 saturated heterocycles. The van der Waals surface area contributed by atoms with Crippen LogP contribution in [0.3, 0.4) is 0 Å². The lowest BCUT2D eigenvalue weighted by Gasteiger charge is -2.25. The normalized spacial score (nSPS) is 18.3. The van der Waals surface area contributed by atoms with E-state index in [1.165, 1.54) is 42.0 Å². The van der Waals surface area contributed by atoms with Crippen molar-refractivity contribution < 1.29 is 13.9 Å². The average molecular weight is 527 g/mol. The Labute approximate surface area is 226 Å².